The van der Waals surface area contributed by atoms with Crippen LogP contribution in [0.2, 0.25) is 6.32 Å². The first-order chi connectivity index (χ1) is 13.3. The summed E-state index contributed by atoms with van der Waals surface area (Å²) in [6.07, 6.45) is 1.80. The lowest BCUT2D eigenvalue weighted by molar-refractivity contribution is -0.122. The van der Waals surface area contributed by atoms with Crippen LogP contribution in [-0.2, 0) is 17.9 Å². The van der Waals surface area contributed by atoms with E-state index in [4.69, 9.17) is 15.8 Å². The Morgan fingerprint density at radius 3 is 2.68 bits per heavy atom. The summed E-state index contributed by atoms with van der Waals surface area (Å²) in [5.41, 5.74) is 5.40. The minimum absolute atomic E-state index is 0.216. The summed E-state index contributed by atoms with van der Waals surface area (Å²) in [4.78, 5) is 12.0. The van der Waals surface area contributed by atoms with E-state index >= 15 is 0 Å². The average molecular weight is 400 g/mol. The van der Waals surface area contributed by atoms with Crippen LogP contribution in [0.4, 0.5) is 13.2 Å². The third kappa shape index (κ3) is 6.01. The summed E-state index contributed by atoms with van der Waals surface area (Å²) in [5, 5.41) is 30.8. The summed E-state index contributed by atoms with van der Waals surface area (Å²) in [7, 11) is -1.38. The van der Waals surface area contributed by atoms with Gasteiger partial charge in [-0.2, -0.15) is 0 Å². The van der Waals surface area contributed by atoms with Gasteiger partial charge in [-0.3, -0.25) is 4.79 Å². The molecule has 1 unspecified atom stereocenters. The average Bonchev–Trinajstić information content (AvgIpc) is 3.09. The van der Waals surface area contributed by atoms with Crippen LogP contribution in [0.3, 0.4) is 0 Å². The normalized spacial score (nSPS) is 12.1. The van der Waals surface area contributed by atoms with Crippen LogP contribution in [0.5, 0.6) is 0 Å². The van der Waals surface area contributed by atoms with Gasteiger partial charge >= 0.3 is 7.12 Å². The zero-order valence-electron chi connectivity index (χ0n) is 14.9. The van der Waals surface area contributed by atoms with Crippen molar-refractivity contribution < 1.29 is 28.0 Å². The van der Waals surface area contributed by atoms with Crippen LogP contribution >= 0.6 is 0 Å². The summed E-state index contributed by atoms with van der Waals surface area (Å²) < 4.78 is 41.5. The van der Waals surface area contributed by atoms with Gasteiger partial charge in [-0.05, 0) is 35.3 Å². The van der Waals surface area contributed by atoms with E-state index in [-0.39, 0.29) is 18.7 Å². The highest BCUT2D eigenvalue weighted by Crippen LogP contribution is 2.16. The molecule has 0 bridgehead atoms. The molecule has 1 heterocycles. The van der Waals surface area contributed by atoms with Crippen LogP contribution in [-0.4, -0.2) is 43.3 Å². The zero-order valence-corrected chi connectivity index (χ0v) is 14.9. The van der Waals surface area contributed by atoms with Crippen LogP contribution in [0, 0.1) is 17.5 Å². The van der Waals surface area contributed by atoms with Crippen molar-refractivity contribution >= 4 is 13.0 Å². The number of unbranched alkanes of at least 4 members (excludes halogenated alkanes) is 1. The van der Waals surface area contributed by atoms with Crippen molar-refractivity contribution in [2.45, 2.75) is 44.7 Å². The fourth-order valence-electron chi connectivity index (χ4n) is 2.52. The molecule has 2 rings (SSSR count). The highest BCUT2D eigenvalue weighted by Gasteiger charge is 2.19. The molecule has 1 atom stereocenters. The molecule has 152 valence electrons. The van der Waals surface area contributed by atoms with E-state index < -0.39 is 48.6 Å². The molecule has 1 aromatic carbocycles. The lowest BCUT2D eigenvalue weighted by atomic mass is 9.83. The number of halogens is 3. The molecule has 0 aliphatic carbocycles. The van der Waals surface area contributed by atoms with Crippen molar-refractivity contribution in [2.24, 2.45) is 5.73 Å². The Morgan fingerprint density at radius 1 is 1.25 bits per heavy atom. The van der Waals surface area contributed by atoms with Gasteiger partial charge in [-0.25, -0.2) is 17.9 Å². The lowest BCUT2D eigenvalue weighted by Crippen LogP contribution is -2.30. The van der Waals surface area contributed by atoms with E-state index in [9.17, 15) is 18.0 Å². The first-order valence-corrected chi connectivity index (χ1v) is 8.56. The number of hydrogen-bond acceptors (Lipinski definition) is 7. The topological polar surface area (TPSA) is 139 Å². The number of aromatic nitrogens is 4. The number of amides is 1. The smallest absolute Gasteiger partial charge is 0.427 e. The molecule has 0 saturated carbocycles. The molecule has 0 fully saturated rings. The largest absolute Gasteiger partial charge is 0.451 e. The molecule has 5 N–H and O–H groups in total. The number of benzene rings is 1. The second-order valence-electron chi connectivity index (χ2n) is 6.16. The summed E-state index contributed by atoms with van der Waals surface area (Å²) >= 11 is 0. The number of carbonyl (C=O) groups is 1. The molecule has 9 nitrogen and oxygen atoms in total. The molecule has 0 radical (unpaired) electrons. The van der Waals surface area contributed by atoms with Gasteiger partial charge in [-0.1, -0.05) is 12.8 Å². The van der Waals surface area contributed by atoms with E-state index in [1.54, 1.807) is 0 Å². The first-order valence-electron chi connectivity index (χ1n) is 8.56. The highest BCUT2D eigenvalue weighted by molar-refractivity contribution is 6.40. The van der Waals surface area contributed by atoms with Crippen LogP contribution in [0.25, 0.3) is 0 Å². The van der Waals surface area contributed by atoms with Gasteiger partial charge in [-0.15, -0.1) is 5.10 Å². The molecule has 13 heteroatoms. The van der Waals surface area contributed by atoms with E-state index in [0.29, 0.717) is 25.3 Å². The van der Waals surface area contributed by atoms with Gasteiger partial charge in [0.05, 0.1) is 6.04 Å². The predicted molar refractivity (Wildman–Crippen MR) is 91.8 cm³/mol. The highest BCUT2D eigenvalue weighted by atomic mass is 19.2. The van der Waals surface area contributed by atoms with E-state index in [0.717, 1.165) is 10.7 Å². The Labute approximate surface area is 158 Å². The molecule has 2 aromatic rings. The minimum Gasteiger partial charge on any atom is -0.427 e. The van der Waals surface area contributed by atoms with Crippen molar-refractivity contribution in [3.05, 3.63) is 41.0 Å². The minimum atomic E-state index is -1.38. The maximum absolute atomic E-state index is 13.6. The predicted octanol–water partition coefficient (Wildman–Crippen LogP) is 0.0497. The number of nitrogens with two attached hydrogens (primary N) is 1. The van der Waals surface area contributed by atoms with Gasteiger partial charge in [0, 0.05) is 12.1 Å². The van der Waals surface area contributed by atoms with Crippen molar-refractivity contribution in [1.29, 1.82) is 0 Å². The Morgan fingerprint density at radius 2 is 1.96 bits per heavy atom. The fraction of sp³-hybridized carbons (Fsp3) is 0.467. The first kappa shape index (κ1) is 21.8. The van der Waals surface area contributed by atoms with Gasteiger partial charge in [0.2, 0.25) is 5.91 Å². The van der Waals surface area contributed by atoms with Gasteiger partial charge in [0.25, 0.3) is 0 Å². The molecule has 0 saturated heterocycles. The van der Waals surface area contributed by atoms with Gasteiger partial charge < -0.3 is 21.1 Å². The third-order valence-corrected chi connectivity index (χ3v) is 4.01. The molecule has 1 aromatic heterocycles. The lowest BCUT2D eigenvalue weighted by Gasteiger charge is -2.12. The fourth-order valence-corrected chi connectivity index (χ4v) is 2.52. The summed E-state index contributed by atoms with van der Waals surface area (Å²) in [5.74, 6) is -3.96. The maximum Gasteiger partial charge on any atom is 0.451 e. The molecule has 28 heavy (non-hydrogen) atoms. The van der Waals surface area contributed by atoms with E-state index in [1.807, 2.05) is 0 Å². The molecule has 1 amide bonds. The molecular formula is C15H20BF3N6O3. The Kier molecular flexibility index (Phi) is 7.90. The number of carbonyl (C=O) groups excluding carboxylic acids is 1. The Hall–Kier alpha value is -2.51. The van der Waals surface area contributed by atoms with Gasteiger partial charge in [0.15, 0.2) is 17.5 Å². The second kappa shape index (κ2) is 10.2. The SMILES string of the molecule is NC(CCCCB(O)O)c1nnnn1CC(=O)NCc1c(F)ccc(F)c1F. The number of hydrogen-bond donors (Lipinski definition) is 4. The van der Waals surface area contributed by atoms with E-state index in [2.05, 4.69) is 20.8 Å². The van der Waals surface area contributed by atoms with Crippen LogP contribution < -0.4 is 11.1 Å². The van der Waals surface area contributed by atoms with Crippen LogP contribution in [0.1, 0.15) is 36.7 Å². The van der Waals surface area contributed by atoms with Crippen molar-refractivity contribution in [1.82, 2.24) is 25.5 Å². The second-order valence-corrected chi connectivity index (χ2v) is 6.16. The molecular weight excluding hydrogens is 380 g/mol. The Bertz CT molecular complexity index is 807. The van der Waals surface area contributed by atoms with Crippen molar-refractivity contribution in [3.8, 4) is 0 Å². The molecule has 0 aliphatic heterocycles. The number of nitrogens with one attached hydrogen (secondary N) is 1. The maximum atomic E-state index is 13.6. The summed E-state index contributed by atoms with van der Waals surface area (Å²) in [6.45, 7) is -0.884. The van der Waals surface area contributed by atoms with E-state index in [1.165, 1.54) is 0 Å². The van der Waals surface area contributed by atoms with Gasteiger partial charge in [0.1, 0.15) is 12.4 Å². The standard InChI is InChI=1S/C15H20BF3N6O3/c17-10-4-5-11(18)14(19)9(10)7-21-13(26)8-25-15(22-23-24-25)12(20)3-1-2-6-16(27)28/h4-5,12,27-28H,1-3,6-8,20H2,(H,21,26). The number of nitrogens with zero attached hydrogens (tertiary/aromatic N) is 4. The zero-order chi connectivity index (χ0) is 20.7. The molecule has 0 aliphatic rings. The van der Waals surface area contributed by atoms with Crippen molar-refractivity contribution in [2.75, 3.05) is 0 Å². The summed E-state index contributed by atoms with van der Waals surface area (Å²) in [6, 6.07) is 0.844. The van der Waals surface area contributed by atoms with Crippen LogP contribution in [0.15, 0.2) is 12.1 Å². The number of tetrazole rings is 1. The Balaban J connectivity index is 1.90. The quantitative estimate of drug-likeness (QED) is 0.251. The molecule has 0 spiro atoms. The van der Waals surface area contributed by atoms with Crippen molar-refractivity contribution in [3.63, 3.8) is 0 Å². The number of rotatable bonds is 10. The third-order valence-electron chi connectivity index (χ3n) is 4.01. The monoisotopic (exact) mass is 400 g/mol.